The number of nitrogens with one attached hydrogen (secondary N) is 1. The Labute approximate surface area is 172 Å². The van der Waals surface area contributed by atoms with Crippen molar-refractivity contribution in [1.82, 2.24) is 9.62 Å². The Kier molecular flexibility index (Phi) is 6.92. The molecule has 29 heavy (non-hydrogen) atoms. The summed E-state index contributed by atoms with van der Waals surface area (Å²) >= 11 is 0. The second-order valence-corrected chi connectivity index (χ2v) is 9.37. The molecular formula is C22H28N2O4S. The standard InChI is InChI=1S/C22H28N2O4S/c1-17(2)20-10-3-4-11-21(20)28-15-12-23-22(25)18-8-7-9-19(16-18)29(26,27)24-13-5-6-14-24/h3-4,7-11,16-17H,5-6,12-15H2,1-2H3,(H,23,25). The molecule has 1 aliphatic heterocycles. The fraction of sp³-hybridized carbons (Fsp3) is 0.409. The Morgan fingerprint density at radius 2 is 1.83 bits per heavy atom. The van der Waals surface area contributed by atoms with E-state index in [0.29, 0.717) is 37.7 Å². The zero-order chi connectivity index (χ0) is 20.9. The van der Waals surface area contributed by atoms with E-state index in [1.165, 1.54) is 16.4 Å². The topological polar surface area (TPSA) is 75.7 Å². The molecule has 6 nitrogen and oxygen atoms in total. The van der Waals surface area contributed by atoms with Gasteiger partial charge in [-0.3, -0.25) is 4.79 Å². The van der Waals surface area contributed by atoms with Gasteiger partial charge < -0.3 is 10.1 Å². The number of hydrogen-bond donors (Lipinski definition) is 1. The first-order valence-corrected chi connectivity index (χ1v) is 11.4. The first kappa shape index (κ1) is 21.3. The Bertz CT molecular complexity index is 951. The number of para-hydroxylation sites is 1. The molecule has 1 N–H and O–H groups in total. The summed E-state index contributed by atoms with van der Waals surface area (Å²) < 4.78 is 32.7. The minimum Gasteiger partial charge on any atom is -0.491 e. The lowest BCUT2D eigenvalue weighted by Crippen LogP contribution is -2.30. The molecular weight excluding hydrogens is 388 g/mol. The summed E-state index contributed by atoms with van der Waals surface area (Å²) in [4.78, 5) is 12.6. The van der Waals surface area contributed by atoms with E-state index in [1.54, 1.807) is 12.1 Å². The summed E-state index contributed by atoms with van der Waals surface area (Å²) in [5, 5.41) is 2.79. The fourth-order valence-electron chi connectivity index (χ4n) is 3.39. The van der Waals surface area contributed by atoms with Crippen molar-refractivity contribution in [2.24, 2.45) is 0 Å². The van der Waals surface area contributed by atoms with Crippen molar-refractivity contribution in [3.05, 3.63) is 59.7 Å². The minimum atomic E-state index is -3.54. The van der Waals surface area contributed by atoms with E-state index in [1.807, 2.05) is 24.3 Å². The van der Waals surface area contributed by atoms with Crippen molar-refractivity contribution in [3.63, 3.8) is 0 Å². The third-order valence-corrected chi connectivity index (χ3v) is 6.88. The largest absolute Gasteiger partial charge is 0.491 e. The van der Waals surface area contributed by atoms with Crippen molar-refractivity contribution >= 4 is 15.9 Å². The number of ether oxygens (including phenoxy) is 1. The summed E-state index contributed by atoms with van der Waals surface area (Å²) in [5.74, 6) is 0.848. The Morgan fingerprint density at radius 3 is 2.55 bits per heavy atom. The second kappa shape index (κ2) is 9.41. The van der Waals surface area contributed by atoms with E-state index >= 15 is 0 Å². The van der Waals surface area contributed by atoms with Gasteiger partial charge in [0.15, 0.2) is 0 Å². The zero-order valence-electron chi connectivity index (χ0n) is 16.9. The van der Waals surface area contributed by atoms with Gasteiger partial charge in [-0.2, -0.15) is 4.31 Å². The summed E-state index contributed by atoms with van der Waals surface area (Å²) in [5.41, 5.74) is 1.45. The van der Waals surface area contributed by atoms with Crippen LogP contribution in [-0.2, 0) is 10.0 Å². The fourth-order valence-corrected chi connectivity index (χ4v) is 4.96. The summed E-state index contributed by atoms with van der Waals surface area (Å²) in [7, 11) is -3.54. The average Bonchev–Trinajstić information content (AvgIpc) is 3.27. The first-order valence-electron chi connectivity index (χ1n) is 10.00. The van der Waals surface area contributed by atoms with Crippen LogP contribution >= 0.6 is 0 Å². The highest BCUT2D eigenvalue weighted by Gasteiger charge is 2.27. The van der Waals surface area contributed by atoms with Gasteiger partial charge in [0.1, 0.15) is 12.4 Å². The number of sulfonamides is 1. The maximum Gasteiger partial charge on any atom is 0.251 e. The highest BCUT2D eigenvalue weighted by molar-refractivity contribution is 7.89. The van der Waals surface area contributed by atoms with E-state index in [2.05, 4.69) is 19.2 Å². The van der Waals surface area contributed by atoms with Gasteiger partial charge in [0.05, 0.1) is 11.4 Å². The van der Waals surface area contributed by atoms with E-state index in [0.717, 1.165) is 24.2 Å². The van der Waals surface area contributed by atoms with Crippen molar-refractivity contribution in [1.29, 1.82) is 0 Å². The number of carbonyl (C=O) groups is 1. The van der Waals surface area contributed by atoms with E-state index in [9.17, 15) is 13.2 Å². The predicted molar refractivity (Wildman–Crippen MR) is 113 cm³/mol. The lowest BCUT2D eigenvalue weighted by atomic mass is 10.0. The molecule has 156 valence electrons. The van der Waals surface area contributed by atoms with Crippen molar-refractivity contribution < 1.29 is 17.9 Å². The SMILES string of the molecule is CC(C)c1ccccc1OCCNC(=O)c1cccc(S(=O)(=O)N2CCCC2)c1. The van der Waals surface area contributed by atoms with Crippen LogP contribution in [0.25, 0.3) is 0 Å². The van der Waals surface area contributed by atoms with E-state index in [4.69, 9.17) is 4.74 Å². The van der Waals surface area contributed by atoms with Crippen LogP contribution < -0.4 is 10.1 Å². The molecule has 0 aliphatic carbocycles. The highest BCUT2D eigenvalue weighted by atomic mass is 32.2. The van der Waals surface area contributed by atoms with Crippen LogP contribution in [-0.4, -0.2) is 44.9 Å². The molecule has 1 fully saturated rings. The third kappa shape index (κ3) is 5.16. The molecule has 0 unspecified atom stereocenters. The van der Waals surface area contributed by atoms with Gasteiger partial charge in [-0.15, -0.1) is 0 Å². The van der Waals surface area contributed by atoms with Crippen LogP contribution in [0.3, 0.4) is 0 Å². The van der Waals surface area contributed by atoms with Crippen molar-refractivity contribution in [2.75, 3.05) is 26.2 Å². The summed E-state index contributed by atoms with van der Waals surface area (Å²) in [6, 6.07) is 14.1. The molecule has 1 amide bonds. The maximum absolute atomic E-state index is 12.7. The summed E-state index contributed by atoms with van der Waals surface area (Å²) in [6.07, 6.45) is 1.75. The molecule has 2 aromatic rings. The summed E-state index contributed by atoms with van der Waals surface area (Å²) in [6.45, 7) is 5.94. The molecule has 2 aromatic carbocycles. The number of rotatable bonds is 8. The maximum atomic E-state index is 12.7. The van der Waals surface area contributed by atoms with Crippen molar-refractivity contribution in [3.8, 4) is 5.75 Å². The molecule has 0 radical (unpaired) electrons. The van der Waals surface area contributed by atoms with E-state index < -0.39 is 10.0 Å². The lowest BCUT2D eigenvalue weighted by molar-refractivity contribution is 0.0946. The molecule has 0 bridgehead atoms. The minimum absolute atomic E-state index is 0.161. The molecule has 3 rings (SSSR count). The smallest absolute Gasteiger partial charge is 0.251 e. The van der Waals surface area contributed by atoms with E-state index in [-0.39, 0.29) is 10.8 Å². The number of nitrogens with zero attached hydrogens (tertiary/aromatic N) is 1. The van der Waals surface area contributed by atoms with Crippen LogP contribution in [0.5, 0.6) is 5.75 Å². The van der Waals surface area contributed by atoms with Crippen LogP contribution in [0.1, 0.15) is 48.5 Å². The monoisotopic (exact) mass is 416 g/mol. The van der Waals surface area contributed by atoms with Crippen LogP contribution in [0, 0.1) is 0 Å². The van der Waals surface area contributed by atoms with Crippen LogP contribution in [0.15, 0.2) is 53.4 Å². The molecule has 0 atom stereocenters. The molecule has 1 heterocycles. The highest BCUT2D eigenvalue weighted by Crippen LogP contribution is 2.25. The van der Waals surface area contributed by atoms with Crippen molar-refractivity contribution in [2.45, 2.75) is 37.5 Å². The third-order valence-electron chi connectivity index (χ3n) is 4.99. The van der Waals surface area contributed by atoms with Crippen LogP contribution in [0.4, 0.5) is 0 Å². The first-order chi connectivity index (χ1) is 13.9. The molecule has 1 saturated heterocycles. The Hall–Kier alpha value is -2.38. The number of carbonyl (C=O) groups excluding carboxylic acids is 1. The van der Waals surface area contributed by atoms with Gasteiger partial charge in [-0.1, -0.05) is 38.1 Å². The zero-order valence-corrected chi connectivity index (χ0v) is 17.7. The Balaban J connectivity index is 1.58. The molecule has 0 spiro atoms. The van der Waals surface area contributed by atoms with Gasteiger partial charge in [-0.25, -0.2) is 8.42 Å². The molecule has 0 aromatic heterocycles. The molecule has 1 aliphatic rings. The Morgan fingerprint density at radius 1 is 1.10 bits per heavy atom. The quantitative estimate of drug-likeness (QED) is 0.669. The average molecular weight is 417 g/mol. The second-order valence-electron chi connectivity index (χ2n) is 7.44. The predicted octanol–water partition coefficient (Wildman–Crippen LogP) is 3.40. The molecule has 0 saturated carbocycles. The molecule has 7 heteroatoms. The van der Waals surface area contributed by atoms with Gasteiger partial charge in [0, 0.05) is 18.7 Å². The van der Waals surface area contributed by atoms with Gasteiger partial charge in [0.2, 0.25) is 10.0 Å². The number of amides is 1. The van der Waals surface area contributed by atoms with Gasteiger partial charge in [-0.05, 0) is 48.6 Å². The van der Waals surface area contributed by atoms with Gasteiger partial charge in [0.25, 0.3) is 5.91 Å². The normalized spacial score (nSPS) is 14.9. The van der Waals surface area contributed by atoms with Crippen LogP contribution in [0.2, 0.25) is 0 Å². The van der Waals surface area contributed by atoms with Gasteiger partial charge >= 0.3 is 0 Å². The number of benzene rings is 2. The number of hydrogen-bond acceptors (Lipinski definition) is 4. The lowest BCUT2D eigenvalue weighted by Gasteiger charge is -2.16.